The van der Waals surface area contributed by atoms with Crippen molar-refractivity contribution < 1.29 is 15.0 Å². The van der Waals surface area contributed by atoms with Gasteiger partial charge in [-0.3, -0.25) is 4.79 Å². The highest BCUT2D eigenvalue weighted by molar-refractivity contribution is 5.81. The molecule has 0 unspecified atom stereocenters. The fraction of sp³-hybridized carbons (Fsp3) is 0.929. The summed E-state index contributed by atoms with van der Waals surface area (Å²) in [5, 5.41) is 18.8. The molecule has 17 heavy (non-hydrogen) atoms. The lowest BCUT2D eigenvalue weighted by Crippen LogP contribution is -2.27. The van der Waals surface area contributed by atoms with Gasteiger partial charge in [0.25, 0.3) is 0 Å². The van der Waals surface area contributed by atoms with Gasteiger partial charge in [-0.1, -0.05) is 0 Å². The number of Topliss-reactive ketones (excluding diaryl/α,β-unsaturated/α-hetero) is 1. The molecule has 0 aromatic carbocycles. The summed E-state index contributed by atoms with van der Waals surface area (Å²) in [5.41, 5.74) is 0. The third-order valence-electron chi connectivity index (χ3n) is 4.46. The van der Waals surface area contributed by atoms with Gasteiger partial charge < -0.3 is 10.2 Å². The number of rotatable bonds is 3. The van der Waals surface area contributed by atoms with Crippen molar-refractivity contribution in [3.05, 3.63) is 0 Å². The second-order valence-corrected chi connectivity index (χ2v) is 5.85. The van der Waals surface area contributed by atoms with Crippen LogP contribution in [0.2, 0.25) is 0 Å². The number of carbonyl (C=O) groups is 1. The van der Waals surface area contributed by atoms with Crippen molar-refractivity contribution in [2.45, 2.75) is 70.0 Å². The van der Waals surface area contributed by atoms with Gasteiger partial charge in [-0.05, 0) is 57.3 Å². The zero-order valence-electron chi connectivity index (χ0n) is 10.5. The largest absolute Gasteiger partial charge is 0.393 e. The Morgan fingerprint density at radius 2 is 1.29 bits per heavy atom. The van der Waals surface area contributed by atoms with Crippen molar-refractivity contribution in [3.8, 4) is 0 Å². The van der Waals surface area contributed by atoms with Crippen molar-refractivity contribution in [3.63, 3.8) is 0 Å². The molecule has 2 N–H and O–H groups in total. The zero-order chi connectivity index (χ0) is 12.3. The molecule has 0 aromatic rings. The van der Waals surface area contributed by atoms with Crippen LogP contribution in [-0.2, 0) is 4.79 Å². The van der Waals surface area contributed by atoms with Crippen LogP contribution in [0.3, 0.4) is 0 Å². The first-order valence-corrected chi connectivity index (χ1v) is 7.04. The molecular weight excluding hydrogens is 216 g/mol. The maximum Gasteiger partial charge on any atom is 0.136 e. The molecule has 3 nitrogen and oxygen atoms in total. The van der Waals surface area contributed by atoms with Gasteiger partial charge in [0.05, 0.1) is 12.2 Å². The highest BCUT2D eigenvalue weighted by atomic mass is 16.3. The lowest BCUT2D eigenvalue weighted by atomic mass is 9.78. The Hall–Kier alpha value is -0.410. The zero-order valence-corrected chi connectivity index (χ0v) is 10.5. The second-order valence-electron chi connectivity index (χ2n) is 5.85. The first-order chi connectivity index (χ1) is 8.15. The van der Waals surface area contributed by atoms with Crippen LogP contribution in [-0.4, -0.2) is 28.2 Å². The van der Waals surface area contributed by atoms with Crippen LogP contribution in [0.25, 0.3) is 0 Å². The molecule has 3 heteroatoms. The maximum absolute atomic E-state index is 12.1. The molecule has 0 aliphatic heterocycles. The summed E-state index contributed by atoms with van der Waals surface area (Å²) in [6, 6.07) is 0. The van der Waals surface area contributed by atoms with Crippen molar-refractivity contribution >= 4 is 5.78 Å². The Morgan fingerprint density at radius 3 is 1.82 bits per heavy atom. The Labute approximate surface area is 103 Å². The summed E-state index contributed by atoms with van der Waals surface area (Å²) in [4.78, 5) is 12.1. The van der Waals surface area contributed by atoms with Gasteiger partial charge in [-0.15, -0.1) is 0 Å². The molecule has 2 rings (SSSR count). The third kappa shape index (κ3) is 3.78. The standard InChI is InChI=1S/C14H24O3/c15-12-5-1-10(2-6-12)9-14(17)11-3-7-13(16)8-4-11/h10-13,15-16H,1-9H2. The number of hydrogen-bond donors (Lipinski definition) is 2. The number of aliphatic hydroxyl groups excluding tert-OH is 2. The van der Waals surface area contributed by atoms with Crippen molar-refractivity contribution in [2.75, 3.05) is 0 Å². The van der Waals surface area contributed by atoms with Gasteiger partial charge >= 0.3 is 0 Å². The molecule has 0 radical (unpaired) electrons. The van der Waals surface area contributed by atoms with E-state index in [1.54, 1.807) is 0 Å². The Kier molecular flexibility index (Phi) is 4.57. The lowest BCUT2D eigenvalue weighted by Gasteiger charge is -2.28. The van der Waals surface area contributed by atoms with Crippen LogP contribution in [0.4, 0.5) is 0 Å². The van der Waals surface area contributed by atoms with Crippen LogP contribution in [0.5, 0.6) is 0 Å². The molecule has 0 saturated heterocycles. The van der Waals surface area contributed by atoms with Crippen LogP contribution < -0.4 is 0 Å². The molecule has 0 atom stereocenters. The number of carbonyl (C=O) groups excluding carboxylic acids is 1. The van der Waals surface area contributed by atoms with E-state index in [1.165, 1.54) is 0 Å². The fourth-order valence-electron chi connectivity index (χ4n) is 3.20. The quantitative estimate of drug-likeness (QED) is 0.793. The highest BCUT2D eigenvalue weighted by Crippen LogP contribution is 2.31. The second kappa shape index (κ2) is 5.96. The molecule has 0 amide bonds. The summed E-state index contributed by atoms with van der Waals surface area (Å²) in [7, 11) is 0. The molecule has 0 aromatic heterocycles. The molecule has 2 aliphatic rings. The number of aliphatic hydroxyl groups is 2. The summed E-state index contributed by atoms with van der Waals surface area (Å²) < 4.78 is 0. The van der Waals surface area contributed by atoms with Crippen molar-refractivity contribution in [1.29, 1.82) is 0 Å². The summed E-state index contributed by atoms with van der Waals surface area (Å²) in [6.07, 6.45) is 7.44. The van der Waals surface area contributed by atoms with E-state index in [0.29, 0.717) is 18.1 Å². The maximum atomic E-state index is 12.1. The summed E-state index contributed by atoms with van der Waals surface area (Å²) in [6.45, 7) is 0. The summed E-state index contributed by atoms with van der Waals surface area (Å²) >= 11 is 0. The van der Waals surface area contributed by atoms with Gasteiger partial charge in [0.15, 0.2) is 0 Å². The number of ketones is 1. The average Bonchev–Trinajstić information content (AvgIpc) is 2.33. The topological polar surface area (TPSA) is 57.5 Å². The van der Waals surface area contributed by atoms with Gasteiger partial charge in [-0.2, -0.15) is 0 Å². The smallest absolute Gasteiger partial charge is 0.136 e. The van der Waals surface area contributed by atoms with E-state index in [1.807, 2.05) is 0 Å². The van der Waals surface area contributed by atoms with Crippen LogP contribution in [0, 0.1) is 11.8 Å². The number of hydrogen-bond acceptors (Lipinski definition) is 3. The van der Waals surface area contributed by atoms with Crippen LogP contribution >= 0.6 is 0 Å². The van der Waals surface area contributed by atoms with Gasteiger partial charge in [0.2, 0.25) is 0 Å². The minimum Gasteiger partial charge on any atom is -0.393 e. The first kappa shape index (κ1) is 13.0. The first-order valence-electron chi connectivity index (χ1n) is 7.04. The van der Waals surface area contributed by atoms with Crippen molar-refractivity contribution in [2.24, 2.45) is 11.8 Å². The van der Waals surface area contributed by atoms with E-state index >= 15 is 0 Å². The van der Waals surface area contributed by atoms with E-state index in [4.69, 9.17) is 0 Å². The molecule has 2 fully saturated rings. The molecule has 98 valence electrons. The molecule has 0 spiro atoms. The Bertz CT molecular complexity index is 248. The summed E-state index contributed by atoms with van der Waals surface area (Å²) in [5.74, 6) is 1.10. The fourth-order valence-corrected chi connectivity index (χ4v) is 3.20. The Morgan fingerprint density at radius 1 is 0.824 bits per heavy atom. The van der Waals surface area contributed by atoms with Gasteiger partial charge in [0, 0.05) is 12.3 Å². The minimum atomic E-state index is -0.177. The highest BCUT2D eigenvalue weighted by Gasteiger charge is 2.28. The van der Waals surface area contributed by atoms with E-state index in [2.05, 4.69) is 0 Å². The van der Waals surface area contributed by atoms with Gasteiger partial charge in [-0.25, -0.2) is 0 Å². The molecular formula is C14H24O3. The predicted octanol–water partition coefficient (Wildman–Crippen LogP) is 2.05. The monoisotopic (exact) mass is 240 g/mol. The molecule has 2 aliphatic carbocycles. The normalized spacial score (nSPS) is 38.9. The van der Waals surface area contributed by atoms with Crippen LogP contribution in [0.1, 0.15) is 57.8 Å². The van der Waals surface area contributed by atoms with E-state index in [0.717, 1.165) is 51.4 Å². The molecule has 0 heterocycles. The molecule has 0 bridgehead atoms. The van der Waals surface area contributed by atoms with Crippen LogP contribution in [0.15, 0.2) is 0 Å². The molecule has 2 saturated carbocycles. The van der Waals surface area contributed by atoms with Crippen molar-refractivity contribution in [1.82, 2.24) is 0 Å². The van der Waals surface area contributed by atoms with E-state index in [9.17, 15) is 15.0 Å². The van der Waals surface area contributed by atoms with E-state index < -0.39 is 0 Å². The Balaban J connectivity index is 1.73. The predicted molar refractivity (Wildman–Crippen MR) is 65.6 cm³/mol. The van der Waals surface area contributed by atoms with Gasteiger partial charge in [0.1, 0.15) is 5.78 Å². The lowest BCUT2D eigenvalue weighted by molar-refractivity contribution is -0.125. The average molecular weight is 240 g/mol. The SMILES string of the molecule is O=C(CC1CCC(O)CC1)C1CCC(O)CC1. The third-order valence-corrected chi connectivity index (χ3v) is 4.46. The van der Waals surface area contributed by atoms with E-state index in [-0.39, 0.29) is 18.1 Å². The minimum absolute atomic E-state index is 0.133.